The van der Waals surface area contributed by atoms with Gasteiger partial charge < -0.3 is 15.7 Å². The molecule has 2 aromatic heterocycles. The zero-order valence-corrected chi connectivity index (χ0v) is 14.1. The highest BCUT2D eigenvalue weighted by atomic mass is 35.5. The van der Waals surface area contributed by atoms with Crippen LogP contribution < -0.4 is 10.6 Å². The van der Waals surface area contributed by atoms with E-state index in [4.69, 9.17) is 16.7 Å². The van der Waals surface area contributed by atoms with Crippen molar-refractivity contribution in [2.45, 2.75) is 13.0 Å². The van der Waals surface area contributed by atoms with E-state index in [1.165, 1.54) is 0 Å². The van der Waals surface area contributed by atoms with Crippen LogP contribution in [-0.4, -0.2) is 38.0 Å². The summed E-state index contributed by atoms with van der Waals surface area (Å²) in [7, 11) is 1.84. The molecule has 0 radical (unpaired) electrons. The lowest BCUT2D eigenvalue weighted by atomic mass is 10.2. The Kier molecular flexibility index (Phi) is 5.12. The van der Waals surface area contributed by atoms with Crippen molar-refractivity contribution < 1.29 is 5.11 Å². The molecule has 0 amide bonds. The van der Waals surface area contributed by atoms with Crippen LogP contribution in [0.3, 0.4) is 0 Å². The predicted octanol–water partition coefficient (Wildman–Crippen LogP) is 2.42. The van der Waals surface area contributed by atoms with Crippen LogP contribution in [0.4, 0.5) is 11.8 Å². The van der Waals surface area contributed by atoms with Crippen LogP contribution in [0.2, 0.25) is 5.02 Å². The number of nitrogens with zero attached hydrogens (tertiary/aromatic N) is 4. The summed E-state index contributed by atoms with van der Waals surface area (Å²) in [4.78, 5) is 9.00. The predicted molar refractivity (Wildman–Crippen MR) is 95.3 cm³/mol. The topological polar surface area (TPSA) is 87.9 Å². The third-order valence-electron chi connectivity index (χ3n) is 3.58. The molecule has 0 spiro atoms. The second-order valence-electron chi connectivity index (χ2n) is 5.39. The van der Waals surface area contributed by atoms with Gasteiger partial charge in [-0.3, -0.25) is 4.68 Å². The van der Waals surface area contributed by atoms with Gasteiger partial charge in [0.2, 0.25) is 5.95 Å². The van der Waals surface area contributed by atoms with Gasteiger partial charge in [0.15, 0.2) is 5.65 Å². The number of fused-ring (bicyclic) bond motifs is 1. The number of benzene rings is 1. The molecule has 0 aliphatic heterocycles. The van der Waals surface area contributed by atoms with Crippen molar-refractivity contribution in [3.8, 4) is 0 Å². The number of aliphatic hydroxyl groups excluding tert-OH is 1. The molecule has 2 heterocycles. The van der Waals surface area contributed by atoms with E-state index in [-0.39, 0.29) is 6.61 Å². The number of nitrogens with one attached hydrogen (secondary N) is 2. The molecule has 8 heteroatoms. The van der Waals surface area contributed by atoms with E-state index in [1.54, 1.807) is 10.9 Å². The lowest BCUT2D eigenvalue weighted by Crippen LogP contribution is -2.10. The number of rotatable bonds is 7. The largest absolute Gasteiger partial charge is 0.396 e. The van der Waals surface area contributed by atoms with Crippen molar-refractivity contribution >= 4 is 34.4 Å². The van der Waals surface area contributed by atoms with Gasteiger partial charge in [0, 0.05) is 31.8 Å². The zero-order valence-electron chi connectivity index (χ0n) is 13.3. The van der Waals surface area contributed by atoms with Crippen LogP contribution in [0.1, 0.15) is 12.0 Å². The minimum absolute atomic E-state index is 0.128. The molecule has 24 heavy (non-hydrogen) atoms. The SMILES string of the molecule is Cn1ncc2c(NCc3ccc(Cl)cc3)nc(NCCCO)nc21. The Morgan fingerprint density at radius 2 is 1.96 bits per heavy atom. The average molecular weight is 347 g/mol. The monoisotopic (exact) mass is 346 g/mol. The fraction of sp³-hybridized carbons (Fsp3) is 0.312. The highest BCUT2D eigenvalue weighted by molar-refractivity contribution is 6.30. The molecule has 7 nitrogen and oxygen atoms in total. The Hall–Kier alpha value is -2.38. The Labute approximate surface area is 144 Å². The van der Waals surface area contributed by atoms with Crippen molar-refractivity contribution in [2.24, 2.45) is 7.05 Å². The summed E-state index contributed by atoms with van der Waals surface area (Å²) in [6, 6.07) is 7.66. The molecule has 0 saturated carbocycles. The van der Waals surface area contributed by atoms with Crippen LogP contribution >= 0.6 is 11.6 Å². The van der Waals surface area contributed by atoms with Crippen LogP contribution in [0.5, 0.6) is 0 Å². The number of aromatic nitrogens is 4. The summed E-state index contributed by atoms with van der Waals surface area (Å²) >= 11 is 5.91. The standard InChI is InChI=1S/C16H19ClN6O/c1-23-15-13(10-20-23)14(21-16(22-15)18-7-2-8-24)19-9-11-3-5-12(17)6-4-11/h3-6,10,24H,2,7-9H2,1H3,(H2,18,19,21,22). The number of aryl methyl sites for hydroxylation is 1. The second-order valence-corrected chi connectivity index (χ2v) is 5.82. The highest BCUT2D eigenvalue weighted by Gasteiger charge is 2.11. The summed E-state index contributed by atoms with van der Waals surface area (Å²) in [5, 5.41) is 21.2. The lowest BCUT2D eigenvalue weighted by molar-refractivity contribution is 0.292. The van der Waals surface area contributed by atoms with Crippen LogP contribution in [0, 0.1) is 0 Å². The molecule has 0 saturated heterocycles. The first-order valence-corrected chi connectivity index (χ1v) is 8.08. The van der Waals surface area contributed by atoms with Gasteiger partial charge in [0.1, 0.15) is 5.82 Å². The molecule has 0 aliphatic carbocycles. The van der Waals surface area contributed by atoms with E-state index < -0.39 is 0 Å². The fourth-order valence-corrected chi connectivity index (χ4v) is 2.43. The molecule has 1 aromatic carbocycles. The minimum atomic E-state index is 0.128. The summed E-state index contributed by atoms with van der Waals surface area (Å²) < 4.78 is 1.71. The number of hydrogen-bond acceptors (Lipinski definition) is 6. The number of hydrogen-bond donors (Lipinski definition) is 3. The van der Waals surface area contributed by atoms with Crippen molar-refractivity contribution in [3.05, 3.63) is 41.0 Å². The molecule has 0 fully saturated rings. The van der Waals surface area contributed by atoms with Gasteiger partial charge in [-0.25, -0.2) is 0 Å². The third-order valence-corrected chi connectivity index (χ3v) is 3.84. The van der Waals surface area contributed by atoms with Crippen molar-refractivity contribution in [3.63, 3.8) is 0 Å². The quantitative estimate of drug-likeness (QED) is 0.569. The maximum absolute atomic E-state index is 8.89. The lowest BCUT2D eigenvalue weighted by Gasteiger charge is -2.10. The van der Waals surface area contributed by atoms with Gasteiger partial charge in [0.05, 0.1) is 11.6 Å². The molecule has 0 bridgehead atoms. The fourth-order valence-electron chi connectivity index (χ4n) is 2.30. The molecular formula is C16H19ClN6O. The first-order valence-electron chi connectivity index (χ1n) is 7.70. The Morgan fingerprint density at radius 3 is 2.71 bits per heavy atom. The Morgan fingerprint density at radius 1 is 1.17 bits per heavy atom. The molecule has 3 rings (SSSR count). The number of anilines is 2. The van der Waals surface area contributed by atoms with E-state index in [0.717, 1.165) is 22.4 Å². The maximum atomic E-state index is 8.89. The summed E-state index contributed by atoms with van der Waals surface area (Å²) in [6.07, 6.45) is 2.39. The molecule has 3 aromatic rings. The number of aliphatic hydroxyl groups is 1. The van der Waals surface area contributed by atoms with Gasteiger partial charge in [-0.15, -0.1) is 0 Å². The van der Waals surface area contributed by atoms with E-state index in [2.05, 4.69) is 25.7 Å². The Balaban J connectivity index is 1.83. The van der Waals surface area contributed by atoms with Gasteiger partial charge in [-0.05, 0) is 24.1 Å². The van der Waals surface area contributed by atoms with Crippen LogP contribution in [0.15, 0.2) is 30.5 Å². The first kappa shape index (κ1) is 16.5. The van der Waals surface area contributed by atoms with Gasteiger partial charge in [-0.2, -0.15) is 15.1 Å². The van der Waals surface area contributed by atoms with Gasteiger partial charge >= 0.3 is 0 Å². The summed E-state index contributed by atoms with van der Waals surface area (Å²) in [6.45, 7) is 1.35. The smallest absolute Gasteiger partial charge is 0.226 e. The van der Waals surface area contributed by atoms with E-state index in [1.807, 2.05) is 31.3 Å². The molecular weight excluding hydrogens is 328 g/mol. The van der Waals surface area contributed by atoms with Gasteiger partial charge in [-0.1, -0.05) is 23.7 Å². The molecule has 0 atom stereocenters. The minimum Gasteiger partial charge on any atom is -0.396 e. The van der Waals surface area contributed by atoms with Crippen LogP contribution in [-0.2, 0) is 13.6 Å². The third kappa shape index (κ3) is 3.74. The van der Waals surface area contributed by atoms with Crippen LogP contribution in [0.25, 0.3) is 11.0 Å². The number of halogens is 1. The molecule has 3 N–H and O–H groups in total. The Bertz CT molecular complexity index is 817. The zero-order chi connectivity index (χ0) is 16.9. The van der Waals surface area contributed by atoms with Crippen molar-refractivity contribution in [1.82, 2.24) is 19.7 Å². The highest BCUT2D eigenvalue weighted by Crippen LogP contribution is 2.22. The first-order chi connectivity index (χ1) is 11.7. The van der Waals surface area contributed by atoms with E-state index in [0.29, 0.717) is 30.5 Å². The second kappa shape index (κ2) is 7.46. The van der Waals surface area contributed by atoms with E-state index in [9.17, 15) is 0 Å². The molecule has 0 unspecified atom stereocenters. The normalized spacial score (nSPS) is 11.0. The van der Waals surface area contributed by atoms with E-state index >= 15 is 0 Å². The van der Waals surface area contributed by atoms with Crippen molar-refractivity contribution in [1.29, 1.82) is 0 Å². The maximum Gasteiger partial charge on any atom is 0.226 e. The summed E-state index contributed by atoms with van der Waals surface area (Å²) in [5.41, 5.74) is 1.85. The molecule has 126 valence electrons. The summed E-state index contributed by atoms with van der Waals surface area (Å²) in [5.74, 6) is 1.23. The molecule has 0 aliphatic rings. The van der Waals surface area contributed by atoms with Crippen molar-refractivity contribution in [2.75, 3.05) is 23.8 Å². The average Bonchev–Trinajstić information content (AvgIpc) is 2.96. The van der Waals surface area contributed by atoms with Gasteiger partial charge in [0.25, 0.3) is 0 Å².